The maximum Gasteiger partial charge on any atom is 3.00 e. The van der Waals surface area contributed by atoms with Crippen molar-refractivity contribution in [1.29, 1.82) is 0 Å². The van der Waals surface area contributed by atoms with E-state index in [0.29, 0.717) is 0 Å². The van der Waals surface area contributed by atoms with Gasteiger partial charge in [-0.1, -0.05) is 0 Å². The minimum absolute atomic E-state index is 0. The van der Waals surface area contributed by atoms with Crippen LogP contribution in [-0.2, 0) is 59.9 Å². The van der Waals surface area contributed by atoms with Crippen molar-refractivity contribution in [2.75, 3.05) is 0 Å². The molecule has 0 saturated heterocycles. The monoisotopic (exact) mass is 180 g/mol. The molecule has 0 fully saturated rings. The van der Waals surface area contributed by atoms with Gasteiger partial charge in [0.15, 0.2) is 0 Å². The third-order valence-electron chi connectivity index (χ3n) is 0. The van der Waals surface area contributed by atoms with E-state index < -0.39 is 0 Å². The van der Waals surface area contributed by atoms with Gasteiger partial charge < -0.3 is 27.4 Å². The second-order valence-electron chi connectivity index (χ2n) is 0. The van der Waals surface area contributed by atoms with Crippen LogP contribution in [0.2, 0.25) is 0 Å². The molecule has 0 amide bonds. The fourth-order valence-electron chi connectivity index (χ4n) is 0. The van der Waals surface area contributed by atoms with Crippen LogP contribution in [0.4, 0.5) is 0 Å². The summed E-state index contributed by atoms with van der Waals surface area (Å²) >= 11 is 0. The Kier molecular flexibility index (Phi) is 7560. The molecule has 7 heteroatoms. The summed E-state index contributed by atoms with van der Waals surface area (Å²) in [4.78, 5) is 0. The van der Waals surface area contributed by atoms with Gasteiger partial charge in [0.05, 0.1) is 0 Å². The van der Waals surface area contributed by atoms with Gasteiger partial charge in [0.1, 0.15) is 0 Å². The van der Waals surface area contributed by atoms with Gasteiger partial charge in [-0.15, -0.1) is 0 Å². The molecule has 0 aromatic carbocycles. The number of hydrogen-bond donors (Lipinski definition) is 0. The normalized spacial score (nSPS) is 0. The predicted octanol–water partition coefficient (Wildman–Crippen LogP) is -2.01. The van der Waals surface area contributed by atoms with Crippen molar-refractivity contribution in [2.45, 2.75) is 0 Å². The number of rotatable bonds is 0. The Morgan fingerprint density at radius 3 is 0.429 bits per heavy atom. The molecule has 0 rings (SSSR count). The van der Waals surface area contributed by atoms with Gasteiger partial charge in [-0.2, -0.15) is 0 Å². The minimum atomic E-state index is 0. The summed E-state index contributed by atoms with van der Waals surface area (Å²) in [6.07, 6.45) is 0. The quantitative estimate of drug-likeness (QED) is 0.378. The van der Waals surface area contributed by atoms with Crippen molar-refractivity contribution >= 4 is 0 Å². The van der Waals surface area contributed by atoms with E-state index in [1.807, 2.05) is 0 Å². The zero-order valence-corrected chi connectivity index (χ0v) is 6.35. The van der Waals surface area contributed by atoms with E-state index in [2.05, 4.69) is 0 Å². The molecule has 42 valence electrons. The summed E-state index contributed by atoms with van der Waals surface area (Å²) in [5.41, 5.74) is 0. The molecule has 0 aliphatic heterocycles. The van der Waals surface area contributed by atoms with Crippen molar-refractivity contribution in [2.24, 2.45) is 0 Å². The van der Waals surface area contributed by atoms with Crippen molar-refractivity contribution in [3.8, 4) is 0 Å². The second-order valence-corrected chi connectivity index (χ2v) is 0. The van der Waals surface area contributed by atoms with Crippen molar-refractivity contribution in [3.05, 3.63) is 0 Å². The van der Waals surface area contributed by atoms with Crippen LogP contribution in [0.1, 0.15) is 0 Å². The molecule has 0 atom stereocenters. The van der Waals surface area contributed by atoms with Crippen LogP contribution in [0.15, 0.2) is 0 Å². The Morgan fingerprint density at radius 2 is 0.429 bits per heavy atom. The summed E-state index contributed by atoms with van der Waals surface area (Å²) < 4.78 is 0. The zero-order valence-electron chi connectivity index (χ0n) is 3.22. The molecular weight excluding hydrogens is 176 g/mol. The van der Waals surface area contributed by atoms with Crippen molar-refractivity contribution in [1.82, 2.24) is 0 Å². The average molecular weight is 180 g/mol. The first-order valence-corrected chi connectivity index (χ1v) is 0. The smallest absolute Gasteiger partial charge is 2.00 e. The van der Waals surface area contributed by atoms with E-state index >= 15 is 0 Å². The minimum Gasteiger partial charge on any atom is -2.00 e. The van der Waals surface area contributed by atoms with E-state index in [4.69, 9.17) is 0 Å². The maximum absolute atomic E-state index is 0. The van der Waals surface area contributed by atoms with E-state index in [1.54, 1.807) is 0 Å². The Balaban J connectivity index is 0. The maximum atomic E-state index is 0. The Hall–Kier alpha value is 1.23. The summed E-state index contributed by atoms with van der Waals surface area (Å²) in [7, 11) is 0. The van der Waals surface area contributed by atoms with Crippen LogP contribution in [0, 0.1) is 0 Å². The van der Waals surface area contributed by atoms with Gasteiger partial charge in [-0.05, 0) is 0 Å². The molecule has 4 N–H and O–H groups in total. The first-order chi connectivity index (χ1) is 0. The van der Waals surface area contributed by atoms with Gasteiger partial charge in [0, 0.05) is 0 Å². The fraction of sp³-hybridized carbons (Fsp3) is 0. The van der Waals surface area contributed by atoms with E-state index in [9.17, 15) is 0 Å². The predicted molar refractivity (Wildman–Crippen MR) is 9.29 cm³/mol. The van der Waals surface area contributed by atoms with Crippen LogP contribution in [0.5, 0.6) is 0 Å². The molecule has 0 saturated carbocycles. The first-order valence-electron chi connectivity index (χ1n) is 0. The van der Waals surface area contributed by atoms with Crippen molar-refractivity contribution < 1.29 is 70.8 Å². The largest absolute Gasteiger partial charge is 3.00 e. The Labute approximate surface area is 70.8 Å². The first kappa shape index (κ1) is 285. The summed E-state index contributed by atoms with van der Waals surface area (Å²) in [5.74, 6) is 0. The van der Waals surface area contributed by atoms with Crippen molar-refractivity contribution in [3.63, 3.8) is 0 Å². The molecule has 0 unspecified atom stereocenters. The molecule has 0 aromatic heterocycles. The summed E-state index contributed by atoms with van der Waals surface area (Å²) in [5, 5.41) is 0. The Morgan fingerprint density at radius 1 is 0.429 bits per heavy atom. The SMILES string of the molecule is O.O.[O-2].[O-2].[O-2].[Ti+3].[Ti+3]. The van der Waals surface area contributed by atoms with Gasteiger partial charge in [-0.3, -0.25) is 0 Å². The van der Waals surface area contributed by atoms with Gasteiger partial charge in [0.25, 0.3) is 0 Å². The molecule has 0 aliphatic rings. The van der Waals surface area contributed by atoms with E-state index in [0.717, 1.165) is 0 Å². The van der Waals surface area contributed by atoms with Crippen LogP contribution in [-0.4, -0.2) is 11.0 Å². The molecule has 0 spiro atoms. The molecule has 7 heavy (non-hydrogen) atoms. The van der Waals surface area contributed by atoms with E-state index in [1.165, 1.54) is 0 Å². The summed E-state index contributed by atoms with van der Waals surface area (Å²) in [6, 6.07) is 0. The van der Waals surface area contributed by atoms with Gasteiger partial charge >= 0.3 is 43.4 Å². The average Bonchev–Trinajstić information content (AvgIpc) is 0. The van der Waals surface area contributed by atoms with Gasteiger partial charge in [-0.25, -0.2) is 0 Å². The van der Waals surface area contributed by atoms with Crippen LogP contribution in [0.25, 0.3) is 0 Å². The molecule has 0 aromatic rings. The van der Waals surface area contributed by atoms with E-state index in [-0.39, 0.29) is 70.8 Å². The molecule has 0 heterocycles. The van der Waals surface area contributed by atoms with Gasteiger partial charge in [0.2, 0.25) is 0 Å². The molecular formula is H4O5Ti2. The van der Waals surface area contributed by atoms with Crippen LogP contribution < -0.4 is 0 Å². The zero-order chi connectivity index (χ0) is 0. The summed E-state index contributed by atoms with van der Waals surface area (Å²) in [6.45, 7) is 0. The van der Waals surface area contributed by atoms with Crippen LogP contribution in [0.3, 0.4) is 0 Å². The molecule has 5 nitrogen and oxygen atoms in total. The topological polar surface area (TPSA) is 148 Å². The number of hydrogen-bond acceptors (Lipinski definition) is 0. The molecule has 0 bridgehead atoms. The third-order valence-corrected chi connectivity index (χ3v) is 0. The Bertz CT molecular complexity index is 6.04. The third kappa shape index (κ3) is 131. The standard InChI is InChI=1S/2H2O.3O.2Ti/h2*1H2;;;;;/q;;3*-2;2*+3. The fourth-order valence-corrected chi connectivity index (χ4v) is 0. The molecule has 0 aliphatic carbocycles. The molecule has 2 radical (unpaired) electrons. The van der Waals surface area contributed by atoms with Crippen LogP contribution >= 0.6 is 0 Å². The second kappa shape index (κ2) is 186.